The van der Waals surface area contributed by atoms with E-state index in [1.807, 2.05) is 18.2 Å². The quantitative estimate of drug-likeness (QED) is 0.650. The second-order valence-corrected chi connectivity index (χ2v) is 3.58. The summed E-state index contributed by atoms with van der Waals surface area (Å²) in [6, 6.07) is 5.52. The van der Waals surface area contributed by atoms with Crippen LogP contribution in [0.5, 0.6) is 0 Å². The minimum absolute atomic E-state index is 0.490. The first-order chi connectivity index (χ1) is 6.24. The predicted octanol–water partition coefficient (Wildman–Crippen LogP) is 2.84. The Morgan fingerprint density at radius 3 is 3.00 bits per heavy atom. The first-order valence-corrected chi connectivity index (χ1v) is 4.94. The minimum atomic E-state index is -0.490. The molecule has 1 heterocycles. The largest absolute Gasteiger partial charge is 0.387 e. The summed E-state index contributed by atoms with van der Waals surface area (Å²) in [5.74, 6) is 0. The van der Waals surface area contributed by atoms with Gasteiger partial charge in [-0.3, -0.25) is 0 Å². The van der Waals surface area contributed by atoms with Gasteiger partial charge < -0.3 is 5.11 Å². The van der Waals surface area contributed by atoms with Gasteiger partial charge in [-0.2, -0.15) is 0 Å². The third-order valence-corrected chi connectivity index (χ3v) is 2.16. The van der Waals surface area contributed by atoms with E-state index < -0.39 is 6.10 Å². The van der Waals surface area contributed by atoms with Crippen LogP contribution < -0.4 is 0 Å². The van der Waals surface area contributed by atoms with Gasteiger partial charge in [0.25, 0.3) is 0 Å². The minimum Gasteiger partial charge on any atom is -0.387 e. The van der Waals surface area contributed by atoms with Crippen molar-refractivity contribution in [2.75, 3.05) is 0 Å². The van der Waals surface area contributed by atoms with Crippen molar-refractivity contribution in [1.82, 2.24) is 4.98 Å². The smallest absolute Gasteiger partial charge is 0.106 e. The summed E-state index contributed by atoms with van der Waals surface area (Å²) in [7, 11) is 0. The van der Waals surface area contributed by atoms with Gasteiger partial charge in [0.2, 0.25) is 0 Å². The van der Waals surface area contributed by atoms with Crippen LogP contribution in [-0.2, 0) is 0 Å². The molecule has 0 radical (unpaired) electrons. The van der Waals surface area contributed by atoms with Crippen molar-refractivity contribution in [2.24, 2.45) is 0 Å². The third kappa shape index (κ3) is 3.28. The monoisotopic (exact) mass is 241 g/mol. The number of hydrogen-bond acceptors (Lipinski definition) is 2. The molecule has 0 saturated heterocycles. The lowest BCUT2D eigenvalue weighted by Crippen LogP contribution is -1.99. The van der Waals surface area contributed by atoms with Crippen molar-refractivity contribution in [1.29, 1.82) is 0 Å². The van der Waals surface area contributed by atoms with Gasteiger partial charge in [0.05, 0.1) is 11.8 Å². The molecule has 0 aliphatic rings. The van der Waals surface area contributed by atoms with Crippen molar-refractivity contribution >= 4 is 15.9 Å². The number of allylic oxidation sites excluding steroid dienone is 1. The maximum Gasteiger partial charge on any atom is 0.106 e. The Balaban J connectivity index is 2.65. The number of rotatable bonds is 4. The van der Waals surface area contributed by atoms with Gasteiger partial charge in [-0.15, -0.1) is 6.58 Å². The maximum atomic E-state index is 9.64. The highest BCUT2D eigenvalue weighted by Gasteiger charge is 2.07. The van der Waals surface area contributed by atoms with Crippen LogP contribution in [0.1, 0.15) is 24.6 Å². The summed E-state index contributed by atoms with van der Waals surface area (Å²) in [5, 5.41) is 9.64. The Bertz CT molecular complexity index is 288. The Hall–Kier alpha value is -0.670. The fraction of sp³-hybridized carbons (Fsp3) is 0.300. The maximum absolute atomic E-state index is 9.64. The Kier molecular flexibility index (Phi) is 4.12. The van der Waals surface area contributed by atoms with Crippen molar-refractivity contribution in [3.8, 4) is 0 Å². The van der Waals surface area contributed by atoms with Crippen LogP contribution in [0.3, 0.4) is 0 Å². The third-order valence-electron chi connectivity index (χ3n) is 1.72. The number of aromatic nitrogens is 1. The van der Waals surface area contributed by atoms with E-state index in [-0.39, 0.29) is 0 Å². The topological polar surface area (TPSA) is 33.1 Å². The molecule has 70 valence electrons. The molecule has 0 bridgehead atoms. The zero-order chi connectivity index (χ0) is 9.68. The molecule has 0 aliphatic carbocycles. The lowest BCUT2D eigenvalue weighted by molar-refractivity contribution is 0.164. The van der Waals surface area contributed by atoms with Crippen molar-refractivity contribution in [2.45, 2.75) is 18.9 Å². The van der Waals surface area contributed by atoms with E-state index >= 15 is 0 Å². The second kappa shape index (κ2) is 5.14. The molecule has 2 nitrogen and oxygen atoms in total. The Labute approximate surface area is 86.4 Å². The van der Waals surface area contributed by atoms with Gasteiger partial charge in [0.1, 0.15) is 4.60 Å². The number of aliphatic hydroxyl groups excluding tert-OH is 1. The first kappa shape index (κ1) is 10.4. The summed E-state index contributed by atoms with van der Waals surface area (Å²) in [6.07, 6.45) is 2.78. The highest BCUT2D eigenvalue weighted by Crippen LogP contribution is 2.17. The van der Waals surface area contributed by atoms with Gasteiger partial charge in [-0.05, 0) is 40.9 Å². The summed E-state index contributed by atoms with van der Waals surface area (Å²) >= 11 is 3.26. The molecule has 3 heteroatoms. The van der Waals surface area contributed by atoms with Crippen LogP contribution in [0.25, 0.3) is 0 Å². The zero-order valence-electron chi connectivity index (χ0n) is 7.28. The number of hydrogen-bond donors (Lipinski definition) is 1. The molecule has 1 aromatic heterocycles. The van der Waals surface area contributed by atoms with Crippen molar-refractivity contribution < 1.29 is 5.11 Å². The average Bonchev–Trinajstić information content (AvgIpc) is 2.14. The normalized spacial score (nSPS) is 12.5. The van der Waals surface area contributed by atoms with Crippen LogP contribution in [0.15, 0.2) is 35.5 Å². The SMILES string of the molecule is C=CCCC(O)c1cccc(Br)n1. The lowest BCUT2D eigenvalue weighted by Gasteiger charge is -2.08. The van der Waals surface area contributed by atoms with E-state index in [9.17, 15) is 5.11 Å². The van der Waals surface area contributed by atoms with E-state index in [4.69, 9.17) is 0 Å². The molecule has 13 heavy (non-hydrogen) atoms. The molecule has 0 saturated carbocycles. The molecule has 0 spiro atoms. The van der Waals surface area contributed by atoms with Gasteiger partial charge in [0, 0.05) is 0 Å². The van der Waals surface area contributed by atoms with Gasteiger partial charge in [0.15, 0.2) is 0 Å². The Morgan fingerprint density at radius 2 is 2.38 bits per heavy atom. The number of aliphatic hydroxyl groups is 1. The van der Waals surface area contributed by atoms with E-state index in [1.165, 1.54) is 0 Å². The lowest BCUT2D eigenvalue weighted by atomic mass is 10.1. The van der Waals surface area contributed by atoms with Crippen LogP contribution in [0, 0.1) is 0 Å². The first-order valence-electron chi connectivity index (χ1n) is 4.15. The highest BCUT2D eigenvalue weighted by atomic mass is 79.9. The standard InChI is InChI=1S/C10H12BrNO/c1-2-3-6-9(13)8-5-4-7-10(11)12-8/h2,4-5,7,9,13H,1,3,6H2. The van der Waals surface area contributed by atoms with E-state index in [0.717, 1.165) is 11.0 Å². The molecular weight excluding hydrogens is 230 g/mol. The molecule has 0 fully saturated rings. The van der Waals surface area contributed by atoms with Gasteiger partial charge >= 0.3 is 0 Å². The van der Waals surface area contributed by atoms with E-state index in [0.29, 0.717) is 12.1 Å². The molecule has 1 unspecified atom stereocenters. The fourth-order valence-corrected chi connectivity index (χ4v) is 1.39. The van der Waals surface area contributed by atoms with Gasteiger partial charge in [-0.1, -0.05) is 12.1 Å². The van der Waals surface area contributed by atoms with Crippen molar-refractivity contribution in [3.05, 3.63) is 41.2 Å². The molecule has 1 aromatic rings. The number of pyridine rings is 1. The van der Waals surface area contributed by atoms with Crippen molar-refractivity contribution in [3.63, 3.8) is 0 Å². The molecule has 0 amide bonds. The molecule has 0 aromatic carbocycles. The molecule has 1 atom stereocenters. The van der Waals surface area contributed by atoms with Crippen LogP contribution in [-0.4, -0.2) is 10.1 Å². The van der Waals surface area contributed by atoms with Crippen LogP contribution in [0.2, 0.25) is 0 Å². The molecule has 1 rings (SSSR count). The van der Waals surface area contributed by atoms with Crippen LogP contribution in [0.4, 0.5) is 0 Å². The number of nitrogens with zero attached hydrogens (tertiary/aromatic N) is 1. The predicted molar refractivity (Wildman–Crippen MR) is 56.3 cm³/mol. The summed E-state index contributed by atoms with van der Waals surface area (Å²) < 4.78 is 0.752. The molecular formula is C10H12BrNO. The highest BCUT2D eigenvalue weighted by molar-refractivity contribution is 9.10. The average molecular weight is 242 g/mol. The fourth-order valence-electron chi connectivity index (χ4n) is 1.03. The number of halogens is 1. The summed E-state index contributed by atoms with van der Waals surface area (Å²) in [4.78, 5) is 4.16. The summed E-state index contributed by atoms with van der Waals surface area (Å²) in [5.41, 5.74) is 0.705. The molecule has 1 N–H and O–H groups in total. The summed E-state index contributed by atoms with van der Waals surface area (Å²) in [6.45, 7) is 3.60. The van der Waals surface area contributed by atoms with E-state index in [1.54, 1.807) is 6.08 Å². The zero-order valence-corrected chi connectivity index (χ0v) is 8.87. The van der Waals surface area contributed by atoms with E-state index in [2.05, 4.69) is 27.5 Å². The molecule has 0 aliphatic heterocycles. The second-order valence-electron chi connectivity index (χ2n) is 2.77. The van der Waals surface area contributed by atoms with Gasteiger partial charge in [-0.25, -0.2) is 4.98 Å². The van der Waals surface area contributed by atoms with Crippen LogP contribution >= 0.6 is 15.9 Å². The Morgan fingerprint density at radius 1 is 1.62 bits per heavy atom.